The van der Waals surface area contributed by atoms with E-state index in [0.29, 0.717) is 0 Å². The first kappa shape index (κ1) is 13.3. The van der Waals surface area contributed by atoms with Gasteiger partial charge in [0, 0.05) is 6.42 Å². The number of benzene rings is 1. The van der Waals surface area contributed by atoms with Crippen molar-refractivity contribution in [2.75, 3.05) is 0 Å². The molecule has 3 rings (SSSR count). The maximum Gasteiger partial charge on any atom is 0.266 e. The standard InChI is InChI=1S/C13H10N2O6/c16-9-5-4-7(11(17)14-9)15-12(18)6-2-1-3-8(21-20)10(6)13(15)19/h1-3,7,20H,4-5H2,(H,14,16,17). The highest BCUT2D eigenvalue weighted by Gasteiger charge is 2.46. The molecule has 2 aliphatic rings. The molecule has 8 nitrogen and oxygen atoms in total. The van der Waals surface area contributed by atoms with Crippen LogP contribution in [0.3, 0.4) is 0 Å². The second-order valence-corrected chi connectivity index (χ2v) is 4.72. The zero-order valence-corrected chi connectivity index (χ0v) is 10.7. The van der Waals surface area contributed by atoms with E-state index in [1.807, 2.05) is 0 Å². The molecule has 0 bridgehead atoms. The number of imide groups is 2. The lowest BCUT2D eigenvalue weighted by atomic mass is 10.0. The van der Waals surface area contributed by atoms with Crippen molar-refractivity contribution in [3.63, 3.8) is 0 Å². The predicted molar refractivity (Wildman–Crippen MR) is 66.4 cm³/mol. The molecule has 0 aromatic heterocycles. The maximum absolute atomic E-state index is 12.4. The molecule has 0 spiro atoms. The average molecular weight is 290 g/mol. The van der Waals surface area contributed by atoms with Crippen LogP contribution in [0.15, 0.2) is 18.2 Å². The van der Waals surface area contributed by atoms with Crippen LogP contribution < -0.4 is 10.2 Å². The number of carbonyl (C=O) groups is 4. The van der Waals surface area contributed by atoms with Crippen LogP contribution in [-0.2, 0) is 9.59 Å². The van der Waals surface area contributed by atoms with Crippen molar-refractivity contribution in [1.82, 2.24) is 10.2 Å². The summed E-state index contributed by atoms with van der Waals surface area (Å²) in [6.45, 7) is 0. The van der Waals surface area contributed by atoms with Crippen LogP contribution >= 0.6 is 0 Å². The number of carbonyl (C=O) groups excluding carboxylic acids is 4. The monoisotopic (exact) mass is 290 g/mol. The van der Waals surface area contributed by atoms with Crippen LogP contribution in [0.25, 0.3) is 0 Å². The van der Waals surface area contributed by atoms with Crippen molar-refractivity contribution in [1.29, 1.82) is 0 Å². The SMILES string of the molecule is O=C1CCC(N2C(=O)c3cccc(OO)c3C2=O)C(=O)N1. The summed E-state index contributed by atoms with van der Waals surface area (Å²) in [5.74, 6) is -2.65. The van der Waals surface area contributed by atoms with Crippen molar-refractivity contribution in [3.8, 4) is 5.75 Å². The minimum Gasteiger partial charge on any atom is -0.339 e. The number of hydrogen-bond acceptors (Lipinski definition) is 6. The minimum absolute atomic E-state index is 0.0488. The molecule has 0 radical (unpaired) electrons. The Morgan fingerprint density at radius 1 is 1.19 bits per heavy atom. The highest BCUT2D eigenvalue weighted by atomic mass is 17.1. The van der Waals surface area contributed by atoms with Crippen LogP contribution in [0, 0.1) is 0 Å². The van der Waals surface area contributed by atoms with Gasteiger partial charge >= 0.3 is 0 Å². The van der Waals surface area contributed by atoms with E-state index in [2.05, 4.69) is 10.2 Å². The van der Waals surface area contributed by atoms with Gasteiger partial charge in [0.1, 0.15) is 6.04 Å². The van der Waals surface area contributed by atoms with Gasteiger partial charge in [0.25, 0.3) is 11.8 Å². The molecular formula is C13H10N2O6. The molecule has 1 unspecified atom stereocenters. The third-order valence-electron chi connectivity index (χ3n) is 3.53. The Kier molecular flexibility index (Phi) is 2.95. The van der Waals surface area contributed by atoms with E-state index >= 15 is 0 Å². The molecule has 1 saturated heterocycles. The van der Waals surface area contributed by atoms with Crippen molar-refractivity contribution in [3.05, 3.63) is 29.3 Å². The lowest BCUT2D eigenvalue weighted by Gasteiger charge is -2.27. The summed E-state index contributed by atoms with van der Waals surface area (Å²) in [5.41, 5.74) is -0.0362. The van der Waals surface area contributed by atoms with Gasteiger partial charge in [0.05, 0.1) is 11.1 Å². The molecule has 108 valence electrons. The summed E-state index contributed by atoms with van der Waals surface area (Å²) in [5, 5.41) is 10.9. The van der Waals surface area contributed by atoms with E-state index in [-0.39, 0.29) is 29.7 Å². The largest absolute Gasteiger partial charge is 0.339 e. The van der Waals surface area contributed by atoms with Gasteiger partial charge in [-0.25, -0.2) is 5.26 Å². The molecule has 1 aromatic carbocycles. The van der Waals surface area contributed by atoms with Crippen LogP contribution in [-0.4, -0.2) is 39.8 Å². The van der Waals surface area contributed by atoms with Gasteiger partial charge in [0.2, 0.25) is 11.8 Å². The molecule has 2 heterocycles. The lowest BCUT2D eigenvalue weighted by Crippen LogP contribution is -2.54. The van der Waals surface area contributed by atoms with Gasteiger partial charge in [-0.3, -0.25) is 29.4 Å². The topological polar surface area (TPSA) is 113 Å². The third kappa shape index (κ3) is 1.88. The first-order valence-electron chi connectivity index (χ1n) is 6.20. The van der Waals surface area contributed by atoms with Gasteiger partial charge in [-0.2, -0.15) is 0 Å². The summed E-state index contributed by atoms with van der Waals surface area (Å²) < 4.78 is 0. The van der Waals surface area contributed by atoms with Crippen molar-refractivity contribution >= 4 is 23.6 Å². The molecule has 8 heteroatoms. The number of hydrogen-bond donors (Lipinski definition) is 2. The number of nitrogens with one attached hydrogen (secondary N) is 1. The first-order valence-corrected chi connectivity index (χ1v) is 6.20. The van der Waals surface area contributed by atoms with E-state index in [1.165, 1.54) is 18.2 Å². The molecule has 2 N–H and O–H groups in total. The molecule has 1 atom stereocenters. The van der Waals surface area contributed by atoms with Gasteiger partial charge in [0.15, 0.2) is 5.75 Å². The highest BCUT2D eigenvalue weighted by Crippen LogP contribution is 2.33. The zero-order chi connectivity index (χ0) is 15.1. The Balaban J connectivity index is 2.00. The van der Waals surface area contributed by atoms with Crippen molar-refractivity contribution in [2.45, 2.75) is 18.9 Å². The number of amides is 4. The molecular weight excluding hydrogens is 280 g/mol. The fraction of sp³-hybridized carbons (Fsp3) is 0.231. The highest BCUT2D eigenvalue weighted by molar-refractivity contribution is 6.24. The van der Waals surface area contributed by atoms with E-state index < -0.39 is 29.7 Å². The molecule has 21 heavy (non-hydrogen) atoms. The van der Waals surface area contributed by atoms with Crippen molar-refractivity contribution in [2.24, 2.45) is 0 Å². The average Bonchev–Trinajstić information content (AvgIpc) is 2.72. The minimum atomic E-state index is -1.04. The second kappa shape index (κ2) is 4.67. The fourth-order valence-electron chi connectivity index (χ4n) is 2.56. The maximum atomic E-state index is 12.4. The van der Waals surface area contributed by atoms with E-state index in [4.69, 9.17) is 5.26 Å². The molecule has 1 fully saturated rings. The fourth-order valence-corrected chi connectivity index (χ4v) is 2.56. The zero-order valence-electron chi connectivity index (χ0n) is 10.7. The molecule has 4 amide bonds. The Bertz CT molecular complexity index is 683. The summed E-state index contributed by atoms with van der Waals surface area (Å²) in [7, 11) is 0. The summed E-state index contributed by atoms with van der Waals surface area (Å²) >= 11 is 0. The Morgan fingerprint density at radius 3 is 2.62 bits per heavy atom. The Morgan fingerprint density at radius 2 is 1.95 bits per heavy atom. The Labute approximate surface area is 118 Å². The van der Waals surface area contributed by atoms with Gasteiger partial charge in [-0.05, 0) is 18.6 Å². The number of piperidine rings is 1. The number of fused-ring (bicyclic) bond motifs is 1. The van der Waals surface area contributed by atoms with E-state index in [0.717, 1.165) is 4.90 Å². The third-order valence-corrected chi connectivity index (χ3v) is 3.53. The smallest absolute Gasteiger partial charge is 0.266 e. The molecule has 2 aliphatic heterocycles. The number of nitrogens with zero attached hydrogens (tertiary/aromatic N) is 1. The van der Waals surface area contributed by atoms with Gasteiger partial charge in [-0.1, -0.05) is 6.07 Å². The summed E-state index contributed by atoms with van der Waals surface area (Å²) in [6.07, 6.45) is 0.124. The molecule has 1 aromatic rings. The quantitative estimate of drug-likeness (QED) is 0.448. The lowest BCUT2D eigenvalue weighted by molar-refractivity contribution is -0.138. The first-order chi connectivity index (χ1) is 10.0. The predicted octanol–water partition coefficient (Wildman–Crippen LogP) is -0.0604. The number of rotatable bonds is 2. The van der Waals surface area contributed by atoms with Gasteiger partial charge in [-0.15, -0.1) is 0 Å². The second-order valence-electron chi connectivity index (χ2n) is 4.72. The molecule has 0 saturated carbocycles. The Hall–Kier alpha value is -2.74. The van der Waals surface area contributed by atoms with Crippen LogP contribution in [0.4, 0.5) is 0 Å². The molecule has 0 aliphatic carbocycles. The van der Waals surface area contributed by atoms with Crippen molar-refractivity contribution < 1.29 is 29.3 Å². The summed E-state index contributed by atoms with van der Waals surface area (Å²) in [4.78, 5) is 52.5. The normalized spacial score (nSPS) is 21.4. The van der Waals surface area contributed by atoms with Gasteiger partial charge < -0.3 is 4.89 Å². The van der Waals surface area contributed by atoms with Crippen LogP contribution in [0.5, 0.6) is 5.75 Å². The van der Waals surface area contributed by atoms with E-state index in [1.54, 1.807) is 0 Å². The van der Waals surface area contributed by atoms with Crippen LogP contribution in [0.2, 0.25) is 0 Å². The van der Waals surface area contributed by atoms with Crippen LogP contribution in [0.1, 0.15) is 33.6 Å². The summed E-state index contributed by atoms with van der Waals surface area (Å²) in [6, 6.07) is 3.15. The van der Waals surface area contributed by atoms with E-state index in [9.17, 15) is 19.2 Å².